The van der Waals surface area contributed by atoms with E-state index in [4.69, 9.17) is 0 Å². The highest BCUT2D eigenvalue weighted by Gasteiger charge is 2.36. The Morgan fingerprint density at radius 1 is 1.53 bits per heavy atom. The van der Waals surface area contributed by atoms with Crippen LogP contribution in [-0.4, -0.2) is 22.6 Å². The van der Waals surface area contributed by atoms with Crippen LogP contribution >= 0.6 is 22.6 Å². The molecule has 0 aromatic carbocycles. The van der Waals surface area contributed by atoms with Crippen LogP contribution in [-0.2, 0) is 0 Å². The summed E-state index contributed by atoms with van der Waals surface area (Å²) >= 11 is 1.32. The lowest BCUT2D eigenvalue weighted by atomic mass is 10.3. The molecule has 0 radical (unpaired) electrons. The normalized spacial score (nSPS) is 11.1. The quantitative estimate of drug-likeness (QED) is 0.357. The molecule has 0 amide bonds. The van der Waals surface area contributed by atoms with Crippen LogP contribution in [0.25, 0.3) is 0 Å². The maximum Gasteiger partial charge on any atom is 0.573 e. The lowest BCUT2D eigenvalue weighted by Crippen LogP contribution is -2.19. The monoisotopic (exact) mass is 362 g/mol. The average Bonchev–Trinajstić information content (AvgIpc) is 2.18. The summed E-state index contributed by atoms with van der Waals surface area (Å²) in [4.78, 5) is 23.2. The summed E-state index contributed by atoms with van der Waals surface area (Å²) < 4.78 is 39.3. The Labute approximate surface area is 105 Å². The van der Waals surface area contributed by atoms with Crippen molar-refractivity contribution >= 4 is 34.6 Å². The minimum absolute atomic E-state index is 0.175. The first-order chi connectivity index (χ1) is 7.76. The van der Waals surface area contributed by atoms with Gasteiger partial charge in [0.2, 0.25) is 5.75 Å². The standard InChI is InChI=1S/C7H2F3IN2O4/c8-7(9,10)17-6-4(13(15)16)1-12-3(2-14)5(6)11/h1-2H. The third-order valence-corrected chi connectivity index (χ3v) is 2.55. The van der Waals surface area contributed by atoms with Gasteiger partial charge in [-0.1, -0.05) is 0 Å². The molecule has 92 valence electrons. The van der Waals surface area contributed by atoms with E-state index < -0.39 is 22.7 Å². The minimum Gasteiger partial charge on any atom is -0.397 e. The summed E-state index contributed by atoms with van der Waals surface area (Å²) in [7, 11) is 0. The number of nitrogens with zero attached hydrogens (tertiary/aromatic N) is 2. The number of carbonyl (C=O) groups excluding carboxylic acids is 1. The van der Waals surface area contributed by atoms with Crippen LogP contribution in [0, 0.1) is 13.7 Å². The Morgan fingerprint density at radius 3 is 2.53 bits per heavy atom. The van der Waals surface area contributed by atoms with Crippen molar-refractivity contribution in [3.8, 4) is 5.75 Å². The second-order valence-corrected chi connectivity index (χ2v) is 3.67. The second kappa shape index (κ2) is 4.81. The van der Waals surface area contributed by atoms with Crippen molar-refractivity contribution in [2.75, 3.05) is 0 Å². The minimum atomic E-state index is -5.09. The number of pyridine rings is 1. The topological polar surface area (TPSA) is 82.3 Å². The van der Waals surface area contributed by atoms with Crippen LogP contribution in [0.2, 0.25) is 0 Å². The summed E-state index contributed by atoms with van der Waals surface area (Å²) in [6, 6.07) is 0. The van der Waals surface area contributed by atoms with Crippen molar-refractivity contribution < 1.29 is 27.6 Å². The van der Waals surface area contributed by atoms with Crippen molar-refractivity contribution in [1.29, 1.82) is 0 Å². The Kier molecular flexibility index (Phi) is 3.85. The van der Waals surface area contributed by atoms with Gasteiger partial charge in [0.25, 0.3) is 0 Å². The zero-order valence-corrected chi connectivity index (χ0v) is 9.85. The highest BCUT2D eigenvalue weighted by atomic mass is 127. The Morgan fingerprint density at radius 2 is 2.12 bits per heavy atom. The summed E-state index contributed by atoms with van der Waals surface area (Å²) in [6.45, 7) is 0. The zero-order chi connectivity index (χ0) is 13.2. The molecule has 1 heterocycles. The molecule has 6 nitrogen and oxygen atoms in total. The molecular formula is C7H2F3IN2O4. The fraction of sp³-hybridized carbons (Fsp3) is 0.143. The molecule has 0 bridgehead atoms. The van der Waals surface area contributed by atoms with E-state index in [2.05, 4.69) is 9.72 Å². The highest BCUT2D eigenvalue weighted by molar-refractivity contribution is 14.1. The van der Waals surface area contributed by atoms with Crippen LogP contribution in [0.5, 0.6) is 5.75 Å². The Balaban J connectivity index is 3.40. The number of aromatic nitrogens is 1. The van der Waals surface area contributed by atoms with Gasteiger partial charge in [-0.25, -0.2) is 4.98 Å². The number of hydrogen-bond donors (Lipinski definition) is 0. The van der Waals surface area contributed by atoms with Crippen molar-refractivity contribution in [3.05, 3.63) is 25.6 Å². The average molecular weight is 362 g/mol. The largest absolute Gasteiger partial charge is 0.573 e. The third kappa shape index (κ3) is 3.25. The molecule has 0 aliphatic carbocycles. The molecule has 0 aliphatic heterocycles. The van der Waals surface area contributed by atoms with Crippen LogP contribution in [0.3, 0.4) is 0 Å². The summed E-state index contributed by atoms with van der Waals surface area (Å²) in [5, 5.41) is 10.5. The van der Waals surface area contributed by atoms with Crippen molar-refractivity contribution in [2.24, 2.45) is 0 Å². The van der Waals surface area contributed by atoms with Gasteiger partial charge in [-0.05, 0) is 22.6 Å². The first kappa shape index (κ1) is 13.6. The molecule has 0 atom stereocenters. The van der Waals surface area contributed by atoms with E-state index in [1.54, 1.807) is 0 Å². The second-order valence-electron chi connectivity index (χ2n) is 2.59. The molecule has 0 saturated heterocycles. The molecule has 1 aromatic heterocycles. The third-order valence-electron chi connectivity index (χ3n) is 1.51. The van der Waals surface area contributed by atoms with Crippen LogP contribution < -0.4 is 4.74 Å². The molecule has 0 spiro atoms. The maximum atomic E-state index is 12.0. The lowest BCUT2D eigenvalue weighted by molar-refractivity contribution is -0.389. The van der Waals surface area contributed by atoms with Crippen LogP contribution in [0.4, 0.5) is 18.9 Å². The molecule has 1 rings (SSSR count). The van der Waals surface area contributed by atoms with Gasteiger partial charge in [-0.2, -0.15) is 0 Å². The first-order valence-corrected chi connectivity index (χ1v) is 4.88. The Hall–Kier alpha value is -1.46. The number of alkyl halides is 3. The molecule has 0 unspecified atom stereocenters. The smallest absolute Gasteiger partial charge is 0.397 e. The molecule has 0 saturated carbocycles. The van der Waals surface area contributed by atoms with Gasteiger partial charge in [0.05, 0.1) is 8.49 Å². The molecule has 1 aromatic rings. The summed E-state index contributed by atoms with van der Waals surface area (Å²) in [5.74, 6) is -1.04. The summed E-state index contributed by atoms with van der Waals surface area (Å²) in [5.41, 5.74) is -1.33. The molecule has 17 heavy (non-hydrogen) atoms. The van der Waals surface area contributed by atoms with Gasteiger partial charge in [-0.3, -0.25) is 14.9 Å². The summed E-state index contributed by atoms with van der Waals surface area (Å²) in [6.07, 6.45) is -4.38. The van der Waals surface area contributed by atoms with E-state index in [-0.39, 0.29) is 15.6 Å². The lowest BCUT2D eigenvalue weighted by Gasteiger charge is -2.10. The van der Waals surface area contributed by atoms with Crippen molar-refractivity contribution in [2.45, 2.75) is 6.36 Å². The van der Waals surface area contributed by atoms with E-state index in [1.807, 2.05) is 0 Å². The number of nitro groups is 1. The molecule has 10 heteroatoms. The SMILES string of the molecule is O=Cc1ncc([N+](=O)[O-])c(OC(F)(F)F)c1I. The Bertz CT molecular complexity index is 477. The van der Waals surface area contributed by atoms with E-state index in [1.165, 1.54) is 22.6 Å². The highest BCUT2D eigenvalue weighted by Crippen LogP contribution is 2.36. The molecule has 0 N–H and O–H groups in total. The predicted molar refractivity (Wildman–Crippen MR) is 55.7 cm³/mol. The van der Waals surface area contributed by atoms with Crippen LogP contribution in [0.1, 0.15) is 10.5 Å². The van der Waals surface area contributed by atoms with E-state index in [0.29, 0.717) is 6.20 Å². The number of hydrogen-bond acceptors (Lipinski definition) is 5. The van der Waals surface area contributed by atoms with Gasteiger partial charge in [0.15, 0.2) is 6.29 Å². The van der Waals surface area contributed by atoms with E-state index in [0.717, 1.165) is 0 Å². The van der Waals surface area contributed by atoms with Gasteiger partial charge in [0.1, 0.15) is 11.9 Å². The number of aldehydes is 1. The van der Waals surface area contributed by atoms with Gasteiger partial charge >= 0.3 is 12.0 Å². The number of carbonyl (C=O) groups is 1. The van der Waals surface area contributed by atoms with E-state index in [9.17, 15) is 28.1 Å². The first-order valence-electron chi connectivity index (χ1n) is 3.80. The van der Waals surface area contributed by atoms with Gasteiger partial charge in [-0.15, -0.1) is 13.2 Å². The predicted octanol–water partition coefficient (Wildman–Crippen LogP) is 2.31. The van der Waals surface area contributed by atoms with Crippen molar-refractivity contribution in [3.63, 3.8) is 0 Å². The number of halogens is 4. The molecule has 0 aliphatic rings. The fourth-order valence-electron chi connectivity index (χ4n) is 0.900. The molecular weight excluding hydrogens is 360 g/mol. The zero-order valence-electron chi connectivity index (χ0n) is 7.69. The van der Waals surface area contributed by atoms with Gasteiger partial charge < -0.3 is 4.74 Å². The molecule has 0 fully saturated rings. The van der Waals surface area contributed by atoms with Crippen molar-refractivity contribution in [1.82, 2.24) is 4.98 Å². The number of ether oxygens (including phenoxy) is 1. The van der Waals surface area contributed by atoms with E-state index >= 15 is 0 Å². The number of rotatable bonds is 3. The van der Waals surface area contributed by atoms with Gasteiger partial charge in [0, 0.05) is 0 Å². The van der Waals surface area contributed by atoms with Crippen LogP contribution in [0.15, 0.2) is 6.20 Å². The maximum absolute atomic E-state index is 12.0. The fourth-order valence-corrected chi connectivity index (χ4v) is 1.55.